The second kappa shape index (κ2) is 8.85. The molecule has 6 nitrogen and oxygen atoms in total. The number of carbonyl (C=O) groups is 2. The average Bonchev–Trinajstić information content (AvgIpc) is 3.36. The van der Waals surface area contributed by atoms with Gasteiger partial charge in [0.2, 0.25) is 5.91 Å². The number of hydrogen-bond donors (Lipinski definition) is 0. The standard InChI is InChI=1S/C27H30N4O2/c1-19-18-28-26(21-6-4-3-5-7-21)31(19)15-12-20-10-13-30(14-11-20)27(33)22-8-9-24-23(16-22)17-25(32)29(24)2/h3-9,16,18,20H,10-15,17H2,1-2H3. The van der Waals surface area contributed by atoms with Gasteiger partial charge in [-0.2, -0.15) is 0 Å². The third-order valence-corrected chi connectivity index (χ3v) is 7.15. The second-order valence-corrected chi connectivity index (χ2v) is 9.24. The van der Waals surface area contributed by atoms with E-state index in [1.165, 1.54) is 5.69 Å². The van der Waals surface area contributed by atoms with Crippen molar-refractivity contribution in [3.63, 3.8) is 0 Å². The van der Waals surface area contributed by atoms with Crippen LogP contribution >= 0.6 is 0 Å². The maximum atomic E-state index is 13.1. The van der Waals surface area contributed by atoms with Gasteiger partial charge in [0.15, 0.2) is 0 Å². The van der Waals surface area contributed by atoms with Crippen LogP contribution in [0.4, 0.5) is 5.69 Å². The maximum absolute atomic E-state index is 13.1. The SMILES string of the molecule is Cc1cnc(-c2ccccc2)n1CCC1CCN(C(=O)c2ccc3c(c2)CC(=O)N3C)CC1. The van der Waals surface area contributed by atoms with Crippen LogP contribution in [0.5, 0.6) is 0 Å². The van der Waals surface area contributed by atoms with Gasteiger partial charge in [-0.3, -0.25) is 9.59 Å². The summed E-state index contributed by atoms with van der Waals surface area (Å²) >= 11 is 0. The summed E-state index contributed by atoms with van der Waals surface area (Å²) in [5.74, 6) is 1.79. The van der Waals surface area contributed by atoms with Gasteiger partial charge in [-0.05, 0) is 55.9 Å². The minimum Gasteiger partial charge on any atom is -0.339 e. The number of anilines is 1. The Bertz CT molecular complexity index is 1180. The molecule has 1 aromatic heterocycles. The molecule has 0 unspecified atom stereocenters. The highest BCUT2D eigenvalue weighted by Gasteiger charge is 2.28. The van der Waals surface area contributed by atoms with Crippen LogP contribution in [0.1, 0.15) is 40.9 Å². The summed E-state index contributed by atoms with van der Waals surface area (Å²) in [5, 5.41) is 0. The van der Waals surface area contributed by atoms with Crippen molar-refractivity contribution in [2.24, 2.45) is 5.92 Å². The molecule has 0 atom stereocenters. The molecular weight excluding hydrogens is 412 g/mol. The fourth-order valence-corrected chi connectivity index (χ4v) is 5.08. The van der Waals surface area contributed by atoms with Gasteiger partial charge in [0.1, 0.15) is 5.82 Å². The number of likely N-dealkylation sites (tertiary alicyclic amines) is 1. The monoisotopic (exact) mass is 442 g/mol. The molecule has 0 radical (unpaired) electrons. The first-order chi connectivity index (χ1) is 16.0. The van der Waals surface area contributed by atoms with Gasteiger partial charge in [-0.25, -0.2) is 4.98 Å². The van der Waals surface area contributed by atoms with Gasteiger partial charge in [0, 0.05) is 55.4 Å². The van der Waals surface area contributed by atoms with Crippen LogP contribution in [0.15, 0.2) is 54.7 Å². The van der Waals surface area contributed by atoms with Crippen molar-refractivity contribution in [3.05, 3.63) is 71.5 Å². The zero-order chi connectivity index (χ0) is 22.9. The number of rotatable bonds is 5. The Morgan fingerprint density at radius 1 is 1.09 bits per heavy atom. The molecule has 0 N–H and O–H groups in total. The molecule has 2 aliphatic rings. The molecule has 0 aliphatic carbocycles. The van der Waals surface area contributed by atoms with E-state index < -0.39 is 0 Å². The Balaban J connectivity index is 1.18. The third-order valence-electron chi connectivity index (χ3n) is 7.15. The minimum absolute atomic E-state index is 0.0788. The molecule has 0 spiro atoms. The number of carbonyl (C=O) groups excluding carboxylic acids is 2. The van der Waals surface area contributed by atoms with Crippen molar-refractivity contribution in [2.75, 3.05) is 25.0 Å². The van der Waals surface area contributed by atoms with E-state index >= 15 is 0 Å². The lowest BCUT2D eigenvalue weighted by Crippen LogP contribution is -2.38. The number of nitrogens with zero attached hydrogens (tertiary/aromatic N) is 4. The number of likely N-dealkylation sites (N-methyl/N-ethyl adjacent to an activating group) is 1. The molecule has 3 aromatic rings. The van der Waals surface area contributed by atoms with Crippen LogP contribution in [0.25, 0.3) is 11.4 Å². The normalized spacial score (nSPS) is 16.4. The molecular formula is C27H30N4O2. The molecule has 6 heteroatoms. The number of imidazole rings is 1. The summed E-state index contributed by atoms with van der Waals surface area (Å²) < 4.78 is 2.32. The smallest absolute Gasteiger partial charge is 0.253 e. The summed E-state index contributed by atoms with van der Waals surface area (Å²) in [6.07, 6.45) is 5.46. The molecule has 1 fully saturated rings. The van der Waals surface area contributed by atoms with Crippen LogP contribution < -0.4 is 4.90 Å². The van der Waals surface area contributed by atoms with Crippen LogP contribution in [0.3, 0.4) is 0 Å². The second-order valence-electron chi connectivity index (χ2n) is 9.24. The van der Waals surface area contributed by atoms with E-state index in [0.717, 1.165) is 61.5 Å². The average molecular weight is 443 g/mol. The van der Waals surface area contributed by atoms with E-state index in [4.69, 9.17) is 0 Å². The van der Waals surface area contributed by atoms with Gasteiger partial charge in [0.05, 0.1) is 6.42 Å². The van der Waals surface area contributed by atoms with Crippen molar-refractivity contribution in [1.82, 2.24) is 14.5 Å². The fraction of sp³-hybridized carbons (Fsp3) is 0.370. The first-order valence-electron chi connectivity index (χ1n) is 11.8. The van der Waals surface area contributed by atoms with Crippen LogP contribution in [-0.2, 0) is 17.8 Å². The zero-order valence-corrected chi connectivity index (χ0v) is 19.3. The largest absolute Gasteiger partial charge is 0.339 e. The Labute approximate surface area is 194 Å². The Morgan fingerprint density at radius 2 is 1.85 bits per heavy atom. The number of amides is 2. The quantitative estimate of drug-likeness (QED) is 0.591. The third kappa shape index (κ3) is 4.17. The van der Waals surface area contributed by atoms with Crippen molar-refractivity contribution >= 4 is 17.5 Å². The number of piperidine rings is 1. The molecule has 5 rings (SSSR count). The highest BCUT2D eigenvalue weighted by atomic mass is 16.2. The van der Waals surface area contributed by atoms with Gasteiger partial charge in [-0.15, -0.1) is 0 Å². The van der Waals surface area contributed by atoms with Crippen molar-refractivity contribution in [1.29, 1.82) is 0 Å². The van der Waals surface area contributed by atoms with Crippen molar-refractivity contribution in [2.45, 2.75) is 39.2 Å². The topological polar surface area (TPSA) is 58.4 Å². The summed E-state index contributed by atoms with van der Waals surface area (Å²) in [4.78, 5) is 33.3. The first-order valence-corrected chi connectivity index (χ1v) is 11.8. The van der Waals surface area contributed by atoms with Gasteiger partial charge in [0.25, 0.3) is 5.91 Å². The zero-order valence-electron chi connectivity index (χ0n) is 19.3. The van der Waals surface area contributed by atoms with Crippen molar-refractivity contribution in [3.8, 4) is 11.4 Å². The molecule has 0 bridgehead atoms. The maximum Gasteiger partial charge on any atom is 0.253 e. The van der Waals surface area contributed by atoms with Gasteiger partial charge in [-0.1, -0.05) is 30.3 Å². The van der Waals surface area contributed by atoms with E-state index in [9.17, 15) is 9.59 Å². The molecule has 33 heavy (non-hydrogen) atoms. The number of hydrogen-bond acceptors (Lipinski definition) is 3. The van der Waals surface area contributed by atoms with E-state index in [0.29, 0.717) is 17.9 Å². The molecule has 2 aliphatic heterocycles. The van der Waals surface area contributed by atoms with Gasteiger partial charge < -0.3 is 14.4 Å². The van der Waals surface area contributed by atoms with Crippen LogP contribution in [0.2, 0.25) is 0 Å². The van der Waals surface area contributed by atoms with Crippen LogP contribution in [0, 0.1) is 12.8 Å². The van der Waals surface area contributed by atoms with Gasteiger partial charge >= 0.3 is 0 Å². The highest BCUT2D eigenvalue weighted by molar-refractivity contribution is 6.03. The molecule has 2 amide bonds. The van der Waals surface area contributed by atoms with E-state index in [2.05, 4.69) is 28.6 Å². The summed E-state index contributed by atoms with van der Waals surface area (Å²) in [5.41, 5.74) is 4.89. The lowest BCUT2D eigenvalue weighted by Gasteiger charge is -2.32. The predicted octanol–water partition coefficient (Wildman–Crippen LogP) is 4.32. The molecule has 0 saturated carbocycles. The molecule has 2 aromatic carbocycles. The summed E-state index contributed by atoms with van der Waals surface area (Å²) in [7, 11) is 1.79. The Morgan fingerprint density at radius 3 is 2.61 bits per heavy atom. The Kier molecular flexibility index (Phi) is 5.75. The Hall–Kier alpha value is -3.41. The van der Waals surface area contributed by atoms with E-state index in [-0.39, 0.29) is 11.8 Å². The number of aryl methyl sites for hydroxylation is 1. The molecule has 170 valence electrons. The first kappa shape index (κ1) is 21.4. The molecule has 1 saturated heterocycles. The number of benzene rings is 2. The predicted molar refractivity (Wildman–Crippen MR) is 129 cm³/mol. The summed E-state index contributed by atoms with van der Waals surface area (Å²) in [6.45, 7) is 4.63. The lowest BCUT2D eigenvalue weighted by atomic mass is 9.93. The summed E-state index contributed by atoms with van der Waals surface area (Å²) in [6, 6.07) is 16.0. The minimum atomic E-state index is 0.0788. The van der Waals surface area contributed by atoms with Crippen LogP contribution in [-0.4, -0.2) is 46.4 Å². The lowest BCUT2D eigenvalue weighted by molar-refractivity contribution is -0.117. The number of aromatic nitrogens is 2. The number of fused-ring (bicyclic) bond motifs is 1. The van der Waals surface area contributed by atoms with E-state index in [1.54, 1.807) is 11.9 Å². The van der Waals surface area contributed by atoms with Crippen molar-refractivity contribution < 1.29 is 9.59 Å². The van der Waals surface area contributed by atoms with E-state index in [1.807, 2.05) is 47.5 Å². The fourth-order valence-electron chi connectivity index (χ4n) is 5.08. The molecule has 3 heterocycles. The highest BCUT2D eigenvalue weighted by Crippen LogP contribution is 2.30.